The van der Waals surface area contributed by atoms with Gasteiger partial charge in [-0.2, -0.15) is 0 Å². The van der Waals surface area contributed by atoms with Crippen molar-refractivity contribution in [1.29, 1.82) is 0 Å². The van der Waals surface area contributed by atoms with Gasteiger partial charge >= 0.3 is 0 Å². The Morgan fingerprint density at radius 2 is 1.88 bits per heavy atom. The zero-order valence-electron chi connectivity index (χ0n) is 11.1. The van der Waals surface area contributed by atoms with Crippen LogP contribution in [-0.2, 0) is 0 Å². The quantitative estimate of drug-likeness (QED) is 0.747. The van der Waals surface area contributed by atoms with Crippen LogP contribution in [0.15, 0.2) is 18.2 Å². The molecule has 1 rings (SSSR count). The molecule has 0 bridgehead atoms. The molecule has 0 aromatic heterocycles. The van der Waals surface area contributed by atoms with Gasteiger partial charge in [0.05, 0.1) is 5.69 Å². The van der Waals surface area contributed by atoms with E-state index in [0.717, 1.165) is 0 Å². The molecule has 3 heteroatoms. The van der Waals surface area contributed by atoms with Crippen LogP contribution in [0.1, 0.15) is 38.1 Å². The first-order valence-corrected chi connectivity index (χ1v) is 5.88. The third-order valence-corrected chi connectivity index (χ3v) is 3.29. The summed E-state index contributed by atoms with van der Waals surface area (Å²) < 4.78 is 13.9. The molecule has 0 saturated heterocycles. The highest BCUT2D eigenvalue weighted by atomic mass is 19.1. The maximum atomic E-state index is 13.9. The lowest BCUT2D eigenvalue weighted by atomic mass is 10.0. The van der Waals surface area contributed by atoms with Gasteiger partial charge in [0.1, 0.15) is 5.82 Å². The molecule has 1 atom stereocenters. The smallest absolute Gasteiger partial charge is 0.161 e. The Labute approximate surface area is 102 Å². The number of nitrogens with zero attached hydrogens (tertiary/aromatic N) is 1. The van der Waals surface area contributed by atoms with Crippen LogP contribution in [0, 0.1) is 11.7 Å². The highest BCUT2D eigenvalue weighted by Gasteiger charge is 2.21. The van der Waals surface area contributed by atoms with E-state index in [1.807, 2.05) is 18.9 Å². The Kier molecular flexibility index (Phi) is 4.27. The van der Waals surface area contributed by atoms with Gasteiger partial charge in [0, 0.05) is 18.7 Å². The van der Waals surface area contributed by atoms with E-state index in [2.05, 4.69) is 13.8 Å². The lowest BCUT2D eigenvalue weighted by Crippen LogP contribution is -2.34. The number of carbonyl (C=O) groups is 1. The van der Waals surface area contributed by atoms with Crippen molar-refractivity contribution in [3.8, 4) is 0 Å². The molecule has 0 radical (unpaired) electrons. The Hall–Kier alpha value is -1.38. The van der Waals surface area contributed by atoms with Crippen LogP contribution in [0.25, 0.3) is 0 Å². The fourth-order valence-electron chi connectivity index (χ4n) is 1.81. The molecule has 0 aliphatic rings. The van der Waals surface area contributed by atoms with Gasteiger partial charge in [0.2, 0.25) is 0 Å². The van der Waals surface area contributed by atoms with E-state index in [4.69, 9.17) is 0 Å². The van der Waals surface area contributed by atoms with Crippen molar-refractivity contribution in [2.24, 2.45) is 5.92 Å². The van der Waals surface area contributed by atoms with E-state index in [1.54, 1.807) is 12.1 Å². The van der Waals surface area contributed by atoms with Crippen molar-refractivity contribution in [2.45, 2.75) is 33.7 Å². The fraction of sp³-hybridized carbons (Fsp3) is 0.500. The number of anilines is 1. The lowest BCUT2D eigenvalue weighted by Gasteiger charge is -2.31. The number of hydrogen-bond donors (Lipinski definition) is 0. The van der Waals surface area contributed by atoms with E-state index in [9.17, 15) is 9.18 Å². The number of para-hydroxylation sites is 1. The summed E-state index contributed by atoms with van der Waals surface area (Å²) >= 11 is 0. The van der Waals surface area contributed by atoms with E-state index in [1.165, 1.54) is 13.0 Å². The third-order valence-electron chi connectivity index (χ3n) is 3.29. The first kappa shape index (κ1) is 13.7. The largest absolute Gasteiger partial charge is 0.369 e. The van der Waals surface area contributed by atoms with Crippen LogP contribution in [0.4, 0.5) is 10.1 Å². The number of hydrogen-bond acceptors (Lipinski definition) is 2. The number of halogens is 1. The summed E-state index contributed by atoms with van der Waals surface area (Å²) in [5.41, 5.74) is 0.848. The van der Waals surface area contributed by atoms with Crippen molar-refractivity contribution in [1.82, 2.24) is 0 Å². The predicted octanol–water partition coefficient (Wildman–Crippen LogP) is 3.51. The molecule has 0 saturated carbocycles. The van der Waals surface area contributed by atoms with Gasteiger partial charge < -0.3 is 4.90 Å². The molecular formula is C14H20FNO. The molecular weight excluding hydrogens is 217 g/mol. The normalized spacial score (nSPS) is 12.6. The fourth-order valence-corrected chi connectivity index (χ4v) is 1.81. The molecule has 1 aromatic rings. The van der Waals surface area contributed by atoms with Crippen LogP contribution in [0.5, 0.6) is 0 Å². The molecule has 94 valence electrons. The SMILES string of the molecule is CC(=O)c1cccc(F)c1N(C)C(C)C(C)C. The van der Waals surface area contributed by atoms with Crippen LogP contribution in [0.3, 0.4) is 0 Å². The van der Waals surface area contributed by atoms with Crippen molar-refractivity contribution in [3.05, 3.63) is 29.6 Å². The maximum absolute atomic E-state index is 13.9. The minimum atomic E-state index is -0.340. The summed E-state index contributed by atoms with van der Waals surface area (Å²) in [6, 6.07) is 4.81. The van der Waals surface area contributed by atoms with Gasteiger partial charge in [-0.15, -0.1) is 0 Å². The van der Waals surface area contributed by atoms with Gasteiger partial charge in [-0.05, 0) is 31.9 Å². The zero-order chi connectivity index (χ0) is 13.2. The average molecular weight is 237 g/mol. The monoisotopic (exact) mass is 237 g/mol. The summed E-state index contributed by atoms with van der Waals surface area (Å²) in [7, 11) is 1.83. The number of carbonyl (C=O) groups excluding carboxylic acids is 1. The minimum Gasteiger partial charge on any atom is -0.369 e. The van der Waals surface area contributed by atoms with Gasteiger partial charge in [0.15, 0.2) is 5.78 Å². The van der Waals surface area contributed by atoms with Crippen molar-refractivity contribution in [2.75, 3.05) is 11.9 Å². The molecule has 0 aliphatic carbocycles. The average Bonchev–Trinajstić information content (AvgIpc) is 2.26. The van der Waals surface area contributed by atoms with E-state index < -0.39 is 0 Å². The van der Waals surface area contributed by atoms with Gasteiger partial charge in [-0.25, -0.2) is 4.39 Å². The summed E-state index contributed by atoms with van der Waals surface area (Å²) in [6.07, 6.45) is 0. The summed E-state index contributed by atoms with van der Waals surface area (Å²) in [6.45, 7) is 7.65. The molecule has 0 heterocycles. The minimum absolute atomic E-state index is 0.109. The second kappa shape index (κ2) is 5.30. The number of rotatable bonds is 4. The molecule has 0 spiro atoms. The Bertz CT molecular complexity index is 415. The predicted molar refractivity (Wildman–Crippen MR) is 69.1 cm³/mol. The first-order valence-electron chi connectivity index (χ1n) is 5.88. The maximum Gasteiger partial charge on any atom is 0.161 e. The molecule has 2 nitrogen and oxygen atoms in total. The molecule has 0 N–H and O–H groups in total. The van der Waals surface area contributed by atoms with Crippen LogP contribution in [-0.4, -0.2) is 18.9 Å². The highest BCUT2D eigenvalue weighted by Crippen LogP contribution is 2.27. The number of ketones is 1. The molecule has 0 aliphatic heterocycles. The number of Topliss-reactive ketones (excluding diaryl/α,β-unsaturated/α-hetero) is 1. The third kappa shape index (κ3) is 2.84. The van der Waals surface area contributed by atoms with Crippen LogP contribution in [0.2, 0.25) is 0 Å². The van der Waals surface area contributed by atoms with Crippen LogP contribution >= 0.6 is 0 Å². The molecule has 1 aromatic carbocycles. The van der Waals surface area contributed by atoms with Crippen molar-refractivity contribution < 1.29 is 9.18 Å². The second-order valence-electron chi connectivity index (χ2n) is 4.79. The molecule has 0 fully saturated rings. The molecule has 0 amide bonds. The second-order valence-corrected chi connectivity index (χ2v) is 4.79. The summed E-state index contributed by atoms with van der Waals surface area (Å²) in [5.74, 6) is -0.0607. The van der Waals surface area contributed by atoms with E-state index >= 15 is 0 Å². The highest BCUT2D eigenvalue weighted by molar-refractivity contribution is 5.99. The lowest BCUT2D eigenvalue weighted by molar-refractivity contribution is 0.101. The zero-order valence-corrected chi connectivity index (χ0v) is 11.1. The Morgan fingerprint density at radius 3 is 2.35 bits per heavy atom. The van der Waals surface area contributed by atoms with Gasteiger partial charge in [0.25, 0.3) is 0 Å². The van der Waals surface area contributed by atoms with E-state index in [-0.39, 0.29) is 17.6 Å². The van der Waals surface area contributed by atoms with E-state index in [0.29, 0.717) is 17.2 Å². The topological polar surface area (TPSA) is 20.3 Å². The van der Waals surface area contributed by atoms with Crippen LogP contribution < -0.4 is 4.90 Å². The molecule has 1 unspecified atom stereocenters. The Balaban J connectivity index is 3.24. The Morgan fingerprint density at radius 1 is 1.29 bits per heavy atom. The molecule has 17 heavy (non-hydrogen) atoms. The number of benzene rings is 1. The van der Waals surface area contributed by atoms with Crippen molar-refractivity contribution in [3.63, 3.8) is 0 Å². The van der Waals surface area contributed by atoms with Gasteiger partial charge in [-0.1, -0.05) is 19.9 Å². The first-order chi connectivity index (χ1) is 7.86. The van der Waals surface area contributed by atoms with Gasteiger partial charge in [-0.3, -0.25) is 4.79 Å². The summed E-state index contributed by atoms with van der Waals surface area (Å²) in [4.78, 5) is 13.4. The summed E-state index contributed by atoms with van der Waals surface area (Å²) in [5, 5.41) is 0. The standard InChI is InChI=1S/C14H20FNO/c1-9(2)10(3)16(5)14-12(11(4)17)7-6-8-13(14)15/h6-10H,1-5H3. The van der Waals surface area contributed by atoms with Crippen molar-refractivity contribution >= 4 is 11.5 Å².